The molecule has 0 aromatic carbocycles. The first kappa shape index (κ1) is 13.9. The summed E-state index contributed by atoms with van der Waals surface area (Å²) in [4.78, 5) is 5.42. The number of hydrogen-bond donors (Lipinski definition) is 0. The van der Waals surface area contributed by atoms with Crippen LogP contribution in [0.1, 0.15) is 34.3 Å². The van der Waals surface area contributed by atoms with E-state index < -0.39 is 0 Å². The van der Waals surface area contributed by atoms with Gasteiger partial charge in [0.1, 0.15) is 5.82 Å². The van der Waals surface area contributed by atoms with E-state index >= 15 is 0 Å². The lowest BCUT2D eigenvalue weighted by molar-refractivity contribution is 0.197. The Kier molecular flexibility index (Phi) is 3.68. The summed E-state index contributed by atoms with van der Waals surface area (Å²) in [6.45, 7) is 5.50. The third-order valence-electron chi connectivity index (χ3n) is 4.39. The molecule has 3 aromatic rings. The molecule has 1 aliphatic heterocycles. The van der Waals surface area contributed by atoms with Gasteiger partial charge in [-0.15, -0.1) is 21.5 Å². The SMILES string of the molecule is Cc1ccc(CN2CCC[C@@H](c3nnc4ccccn34)C2)s1. The van der Waals surface area contributed by atoms with Gasteiger partial charge in [0.05, 0.1) is 0 Å². The van der Waals surface area contributed by atoms with Gasteiger partial charge in [0.2, 0.25) is 0 Å². The molecule has 0 aliphatic carbocycles. The van der Waals surface area contributed by atoms with Gasteiger partial charge in [0.25, 0.3) is 0 Å². The van der Waals surface area contributed by atoms with Crippen LogP contribution in [0.2, 0.25) is 0 Å². The zero-order chi connectivity index (χ0) is 14.9. The van der Waals surface area contributed by atoms with Crippen LogP contribution in [0, 0.1) is 6.92 Å². The van der Waals surface area contributed by atoms with Crippen molar-refractivity contribution in [1.82, 2.24) is 19.5 Å². The molecule has 0 bridgehead atoms. The number of hydrogen-bond acceptors (Lipinski definition) is 4. The van der Waals surface area contributed by atoms with Crippen LogP contribution in [0.5, 0.6) is 0 Å². The molecular formula is C17H20N4S. The topological polar surface area (TPSA) is 33.4 Å². The summed E-state index contributed by atoms with van der Waals surface area (Å²) in [5, 5.41) is 8.76. The second kappa shape index (κ2) is 5.82. The zero-order valence-corrected chi connectivity index (χ0v) is 13.6. The average Bonchev–Trinajstić information content (AvgIpc) is 3.14. The van der Waals surface area contributed by atoms with Gasteiger partial charge < -0.3 is 0 Å². The van der Waals surface area contributed by atoms with Crippen molar-refractivity contribution >= 4 is 17.0 Å². The number of fused-ring (bicyclic) bond motifs is 1. The third kappa shape index (κ3) is 2.66. The van der Waals surface area contributed by atoms with E-state index in [1.807, 2.05) is 23.5 Å². The molecular weight excluding hydrogens is 292 g/mol. The Labute approximate surface area is 134 Å². The van der Waals surface area contributed by atoms with Crippen molar-refractivity contribution in [1.29, 1.82) is 0 Å². The number of aryl methyl sites for hydroxylation is 1. The number of aromatic nitrogens is 3. The summed E-state index contributed by atoms with van der Waals surface area (Å²) in [6, 6.07) is 10.6. The lowest BCUT2D eigenvalue weighted by Gasteiger charge is -2.31. The van der Waals surface area contributed by atoms with Crippen LogP contribution >= 0.6 is 11.3 Å². The smallest absolute Gasteiger partial charge is 0.160 e. The van der Waals surface area contributed by atoms with Crippen LogP contribution in [0.4, 0.5) is 0 Å². The predicted molar refractivity (Wildman–Crippen MR) is 89.3 cm³/mol. The fourth-order valence-corrected chi connectivity index (χ4v) is 4.27. The number of thiophene rings is 1. The van der Waals surface area contributed by atoms with Crippen molar-refractivity contribution < 1.29 is 0 Å². The number of piperidine rings is 1. The van der Waals surface area contributed by atoms with Gasteiger partial charge in [-0.3, -0.25) is 9.30 Å². The highest BCUT2D eigenvalue weighted by Gasteiger charge is 2.25. The molecule has 1 aliphatic rings. The molecule has 3 aromatic heterocycles. The lowest BCUT2D eigenvalue weighted by atomic mass is 9.97. The maximum absolute atomic E-state index is 4.45. The fraction of sp³-hybridized carbons (Fsp3) is 0.412. The van der Waals surface area contributed by atoms with Crippen LogP contribution in [-0.4, -0.2) is 32.6 Å². The zero-order valence-electron chi connectivity index (χ0n) is 12.8. The molecule has 0 unspecified atom stereocenters. The second-order valence-corrected chi connectivity index (χ2v) is 7.45. The lowest BCUT2D eigenvalue weighted by Crippen LogP contribution is -2.34. The van der Waals surface area contributed by atoms with Gasteiger partial charge in [0, 0.05) is 35.0 Å². The highest BCUT2D eigenvalue weighted by molar-refractivity contribution is 7.11. The molecule has 0 amide bonds. The van der Waals surface area contributed by atoms with Crippen LogP contribution in [0.3, 0.4) is 0 Å². The monoisotopic (exact) mass is 312 g/mol. The Hall–Kier alpha value is -1.72. The van der Waals surface area contributed by atoms with Gasteiger partial charge in [0.15, 0.2) is 5.65 Å². The first-order chi connectivity index (χ1) is 10.8. The standard InChI is InChI=1S/C17H20N4S/c1-13-7-8-15(22-13)12-20-9-4-5-14(11-20)17-19-18-16-6-2-3-10-21(16)17/h2-3,6-8,10,14H,4-5,9,11-12H2,1H3/t14-/m1/s1. The minimum Gasteiger partial charge on any atom is -0.298 e. The molecule has 1 atom stereocenters. The Morgan fingerprint density at radius 1 is 1.23 bits per heavy atom. The van der Waals surface area contributed by atoms with Gasteiger partial charge in [-0.1, -0.05) is 6.07 Å². The molecule has 22 heavy (non-hydrogen) atoms. The first-order valence-electron chi connectivity index (χ1n) is 7.87. The molecule has 4 rings (SSSR count). The molecule has 1 saturated heterocycles. The number of pyridine rings is 1. The number of likely N-dealkylation sites (tertiary alicyclic amines) is 1. The van der Waals surface area contributed by atoms with Crippen molar-refractivity contribution in [2.45, 2.75) is 32.2 Å². The third-order valence-corrected chi connectivity index (χ3v) is 5.37. The van der Waals surface area contributed by atoms with E-state index in [0.717, 1.165) is 24.6 Å². The van der Waals surface area contributed by atoms with E-state index in [4.69, 9.17) is 0 Å². The van der Waals surface area contributed by atoms with Crippen molar-refractivity contribution in [2.75, 3.05) is 13.1 Å². The van der Waals surface area contributed by atoms with Gasteiger partial charge in [-0.2, -0.15) is 0 Å². The van der Waals surface area contributed by atoms with E-state index in [-0.39, 0.29) is 0 Å². The van der Waals surface area contributed by atoms with E-state index in [9.17, 15) is 0 Å². The van der Waals surface area contributed by atoms with Crippen LogP contribution in [0.15, 0.2) is 36.5 Å². The molecule has 0 spiro atoms. The number of nitrogens with zero attached hydrogens (tertiary/aromatic N) is 4. The van der Waals surface area contributed by atoms with Crippen LogP contribution < -0.4 is 0 Å². The maximum atomic E-state index is 4.45. The normalized spacial score (nSPS) is 19.8. The van der Waals surface area contributed by atoms with Crippen LogP contribution in [-0.2, 0) is 6.54 Å². The molecule has 1 fully saturated rings. The molecule has 114 valence electrons. The summed E-state index contributed by atoms with van der Waals surface area (Å²) in [5.74, 6) is 1.59. The van der Waals surface area contributed by atoms with Gasteiger partial charge in [-0.25, -0.2) is 0 Å². The van der Waals surface area contributed by atoms with E-state index in [0.29, 0.717) is 5.92 Å². The van der Waals surface area contributed by atoms with E-state index in [1.165, 1.54) is 29.1 Å². The van der Waals surface area contributed by atoms with Gasteiger partial charge >= 0.3 is 0 Å². The van der Waals surface area contributed by atoms with Crippen molar-refractivity contribution in [2.24, 2.45) is 0 Å². The minimum absolute atomic E-state index is 0.479. The van der Waals surface area contributed by atoms with Crippen LogP contribution in [0.25, 0.3) is 5.65 Å². The minimum atomic E-state index is 0.479. The van der Waals surface area contributed by atoms with Gasteiger partial charge in [-0.05, 0) is 50.6 Å². The Morgan fingerprint density at radius 2 is 2.18 bits per heavy atom. The fourth-order valence-electron chi connectivity index (χ4n) is 3.34. The molecule has 0 saturated carbocycles. The summed E-state index contributed by atoms with van der Waals surface area (Å²) in [5.41, 5.74) is 0.948. The average molecular weight is 312 g/mol. The Balaban J connectivity index is 1.53. The molecule has 0 N–H and O–H groups in total. The predicted octanol–water partition coefficient (Wildman–Crippen LogP) is 3.48. The van der Waals surface area contributed by atoms with Crippen molar-refractivity contribution in [3.8, 4) is 0 Å². The molecule has 0 radical (unpaired) electrons. The first-order valence-corrected chi connectivity index (χ1v) is 8.68. The van der Waals surface area contributed by atoms with Crippen molar-refractivity contribution in [3.05, 3.63) is 52.1 Å². The summed E-state index contributed by atoms with van der Waals surface area (Å²) in [7, 11) is 0. The highest BCUT2D eigenvalue weighted by Crippen LogP contribution is 2.28. The molecule has 5 heteroatoms. The molecule has 4 nitrogen and oxygen atoms in total. The van der Waals surface area contributed by atoms with E-state index in [1.54, 1.807) is 0 Å². The number of rotatable bonds is 3. The summed E-state index contributed by atoms with van der Waals surface area (Å²) >= 11 is 1.91. The Morgan fingerprint density at radius 3 is 3.05 bits per heavy atom. The van der Waals surface area contributed by atoms with E-state index in [2.05, 4.69) is 50.8 Å². The Bertz CT molecular complexity index is 776. The van der Waals surface area contributed by atoms with Crippen molar-refractivity contribution in [3.63, 3.8) is 0 Å². The highest BCUT2D eigenvalue weighted by atomic mass is 32.1. The largest absolute Gasteiger partial charge is 0.298 e. The quantitative estimate of drug-likeness (QED) is 0.742. The molecule has 4 heterocycles. The maximum Gasteiger partial charge on any atom is 0.160 e. The summed E-state index contributed by atoms with van der Waals surface area (Å²) in [6.07, 6.45) is 4.51. The summed E-state index contributed by atoms with van der Waals surface area (Å²) < 4.78 is 2.14. The second-order valence-electron chi connectivity index (χ2n) is 6.07.